The van der Waals surface area contributed by atoms with Crippen molar-refractivity contribution in [3.8, 4) is 0 Å². The van der Waals surface area contributed by atoms with Gasteiger partial charge in [0.2, 0.25) is 0 Å². The van der Waals surface area contributed by atoms with Gasteiger partial charge in [0, 0.05) is 24.8 Å². The molecule has 3 heteroatoms. The zero-order valence-corrected chi connectivity index (χ0v) is 13.1. The Bertz CT molecular complexity index is 405. The summed E-state index contributed by atoms with van der Waals surface area (Å²) in [5.74, 6) is -0.215. The molecule has 0 aliphatic heterocycles. The van der Waals surface area contributed by atoms with E-state index in [0.717, 1.165) is 50.7 Å². The molecule has 0 aromatic rings. The maximum absolute atomic E-state index is 10.8. The Hall–Kier alpha value is -1.38. The zero-order valence-electron chi connectivity index (χ0n) is 13.1. The molecule has 20 heavy (non-hydrogen) atoms. The second kappa shape index (κ2) is 9.51. The Balaban J connectivity index is 2.71. The van der Waals surface area contributed by atoms with Crippen LogP contribution in [0.1, 0.15) is 65.7 Å². The third kappa shape index (κ3) is 6.69. The molecule has 0 fully saturated rings. The van der Waals surface area contributed by atoms with Crippen LogP contribution in [0.5, 0.6) is 0 Å². The minimum atomic E-state index is -0.215. The van der Waals surface area contributed by atoms with E-state index in [1.807, 2.05) is 0 Å². The second-order valence-electron chi connectivity index (χ2n) is 5.29. The molecule has 0 radical (unpaired) electrons. The maximum atomic E-state index is 10.8. The predicted octanol–water partition coefficient (Wildman–Crippen LogP) is 4.58. The molecule has 0 N–H and O–H groups in total. The summed E-state index contributed by atoms with van der Waals surface area (Å²) in [6.07, 6.45) is 11.6. The van der Waals surface area contributed by atoms with Gasteiger partial charge >= 0.3 is 5.97 Å². The van der Waals surface area contributed by atoms with E-state index in [4.69, 9.17) is 9.73 Å². The Morgan fingerprint density at radius 1 is 1.25 bits per heavy atom. The van der Waals surface area contributed by atoms with Gasteiger partial charge in [-0.15, -0.1) is 0 Å². The van der Waals surface area contributed by atoms with Gasteiger partial charge < -0.3 is 4.74 Å². The molecule has 0 bridgehead atoms. The molecule has 1 aliphatic rings. The fourth-order valence-electron chi connectivity index (χ4n) is 2.29. The van der Waals surface area contributed by atoms with E-state index in [9.17, 15) is 4.79 Å². The van der Waals surface area contributed by atoms with Crippen molar-refractivity contribution >= 4 is 11.7 Å². The summed E-state index contributed by atoms with van der Waals surface area (Å²) in [5, 5.41) is 0. The van der Waals surface area contributed by atoms with Crippen LogP contribution < -0.4 is 0 Å². The lowest BCUT2D eigenvalue weighted by Gasteiger charge is -2.12. The summed E-state index contributed by atoms with van der Waals surface area (Å²) in [5.41, 5.74) is 3.80. The molecule has 0 heterocycles. The topological polar surface area (TPSA) is 38.7 Å². The maximum Gasteiger partial charge on any atom is 0.302 e. The molecule has 0 aromatic carbocycles. The Labute approximate surface area is 122 Å². The minimum Gasteiger partial charge on any atom is -0.465 e. The van der Waals surface area contributed by atoms with Gasteiger partial charge in [-0.1, -0.05) is 31.1 Å². The van der Waals surface area contributed by atoms with Crippen LogP contribution in [-0.2, 0) is 9.53 Å². The summed E-state index contributed by atoms with van der Waals surface area (Å²) in [6, 6.07) is 0. The van der Waals surface area contributed by atoms with Crippen molar-refractivity contribution in [2.75, 3.05) is 6.61 Å². The van der Waals surface area contributed by atoms with Crippen molar-refractivity contribution in [1.29, 1.82) is 0 Å². The molecule has 112 valence electrons. The quantitative estimate of drug-likeness (QED) is 0.405. The minimum absolute atomic E-state index is 0.215. The molecule has 0 saturated carbocycles. The third-order valence-electron chi connectivity index (χ3n) is 3.42. The predicted molar refractivity (Wildman–Crippen MR) is 83.9 cm³/mol. The number of carbonyl (C=O) groups is 1. The van der Waals surface area contributed by atoms with Crippen molar-refractivity contribution in [3.63, 3.8) is 0 Å². The van der Waals surface area contributed by atoms with Gasteiger partial charge in [0.25, 0.3) is 0 Å². The molecule has 3 nitrogen and oxygen atoms in total. The first-order valence-electron chi connectivity index (χ1n) is 7.67. The molecule has 0 saturated heterocycles. The van der Waals surface area contributed by atoms with E-state index >= 15 is 0 Å². The molecule has 1 aliphatic carbocycles. The first-order valence-corrected chi connectivity index (χ1v) is 7.67. The van der Waals surface area contributed by atoms with E-state index in [0.29, 0.717) is 6.61 Å². The summed E-state index contributed by atoms with van der Waals surface area (Å²) >= 11 is 0. The van der Waals surface area contributed by atoms with Crippen LogP contribution in [0.25, 0.3) is 0 Å². The van der Waals surface area contributed by atoms with Gasteiger partial charge in [-0.05, 0) is 39.0 Å². The van der Waals surface area contributed by atoms with E-state index in [1.165, 1.54) is 18.2 Å². The monoisotopic (exact) mass is 277 g/mol. The summed E-state index contributed by atoms with van der Waals surface area (Å²) in [4.78, 5) is 15.7. The Kier molecular flexibility index (Phi) is 7.93. The normalized spacial score (nSPS) is 22.1. The van der Waals surface area contributed by atoms with Crippen molar-refractivity contribution in [3.05, 3.63) is 23.4 Å². The molecular weight excluding hydrogens is 250 g/mol. The number of rotatable bonds is 6. The standard InChI is InChI=1S/C17H27NO2/c1-4-9-16(12-13-20-15(3)19)18-17-11-8-6-5-7-10-14(17)2/h5-6H,4,7-13H2,1-3H3/b6-5+,17-14+,18-16?. The zero-order chi connectivity index (χ0) is 14.8. The number of ether oxygens (including phenoxy) is 1. The van der Waals surface area contributed by atoms with E-state index < -0.39 is 0 Å². The lowest BCUT2D eigenvalue weighted by atomic mass is 10.0. The van der Waals surface area contributed by atoms with E-state index in [-0.39, 0.29) is 5.97 Å². The molecular formula is C17H27NO2. The largest absolute Gasteiger partial charge is 0.465 e. The number of carbonyl (C=O) groups excluding carboxylic acids is 1. The van der Waals surface area contributed by atoms with E-state index in [1.54, 1.807) is 0 Å². The highest BCUT2D eigenvalue weighted by molar-refractivity contribution is 5.85. The number of hydrogen-bond donors (Lipinski definition) is 0. The highest BCUT2D eigenvalue weighted by atomic mass is 16.5. The number of hydrogen-bond acceptors (Lipinski definition) is 3. The number of aliphatic imine (C=N–C) groups is 1. The van der Waals surface area contributed by atoms with Crippen molar-refractivity contribution in [1.82, 2.24) is 0 Å². The van der Waals surface area contributed by atoms with Gasteiger partial charge in [-0.2, -0.15) is 0 Å². The molecule has 0 aromatic heterocycles. The van der Waals surface area contributed by atoms with Crippen molar-refractivity contribution in [2.45, 2.75) is 65.7 Å². The molecule has 0 atom stereocenters. The molecule has 0 unspecified atom stereocenters. The number of nitrogens with zero attached hydrogens (tertiary/aromatic N) is 1. The first kappa shape index (κ1) is 16.7. The fraction of sp³-hybridized carbons (Fsp3) is 0.647. The van der Waals surface area contributed by atoms with Crippen molar-refractivity contribution in [2.24, 2.45) is 4.99 Å². The van der Waals surface area contributed by atoms with Gasteiger partial charge in [0.1, 0.15) is 0 Å². The summed E-state index contributed by atoms with van der Waals surface area (Å²) < 4.78 is 5.03. The smallest absolute Gasteiger partial charge is 0.302 e. The van der Waals surface area contributed by atoms with Crippen LogP contribution >= 0.6 is 0 Å². The fourth-order valence-corrected chi connectivity index (χ4v) is 2.29. The lowest BCUT2D eigenvalue weighted by Crippen LogP contribution is -2.08. The number of esters is 1. The Morgan fingerprint density at radius 3 is 2.60 bits per heavy atom. The van der Waals surface area contributed by atoms with Crippen LogP contribution in [-0.4, -0.2) is 18.3 Å². The summed E-state index contributed by atoms with van der Waals surface area (Å²) in [7, 11) is 0. The van der Waals surface area contributed by atoms with Gasteiger partial charge in [0.05, 0.1) is 6.61 Å². The first-order chi connectivity index (χ1) is 9.63. The van der Waals surface area contributed by atoms with Gasteiger partial charge in [0.15, 0.2) is 0 Å². The van der Waals surface area contributed by atoms with Crippen LogP contribution in [0, 0.1) is 0 Å². The highest BCUT2D eigenvalue weighted by Gasteiger charge is 2.07. The third-order valence-corrected chi connectivity index (χ3v) is 3.42. The lowest BCUT2D eigenvalue weighted by molar-refractivity contribution is -0.140. The van der Waals surface area contributed by atoms with Crippen LogP contribution in [0.3, 0.4) is 0 Å². The van der Waals surface area contributed by atoms with Gasteiger partial charge in [-0.3, -0.25) is 9.79 Å². The van der Waals surface area contributed by atoms with Crippen LogP contribution in [0.2, 0.25) is 0 Å². The van der Waals surface area contributed by atoms with Gasteiger partial charge in [-0.25, -0.2) is 0 Å². The summed E-state index contributed by atoms with van der Waals surface area (Å²) in [6.45, 7) is 6.24. The number of allylic oxidation sites excluding steroid dienone is 4. The van der Waals surface area contributed by atoms with Crippen LogP contribution in [0.4, 0.5) is 0 Å². The molecule has 1 rings (SSSR count). The average molecular weight is 277 g/mol. The highest BCUT2D eigenvalue weighted by Crippen LogP contribution is 2.21. The Morgan fingerprint density at radius 2 is 1.95 bits per heavy atom. The molecule has 0 amide bonds. The van der Waals surface area contributed by atoms with Crippen molar-refractivity contribution < 1.29 is 9.53 Å². The van der Waals surface area contributed by atoms with E-state index in [2.05, 4.69) is 26.0 Å². The van der Waals surface area contributed by atoms with Crippen LogP contribution in [0.15, 0.2) is 28.4 Å². The average Bonchev–Trinajstić information content (AvgIpc) is 2.38. The second-order valence-corrected chi connectivity index (χ2v) is 5.29. The SMILES string of the molecule is CCCC(CCOC(C)=O)=N/C1=C(\C)CC/C=C/CC1. The molecule has 0 spiro atoms.